The number of carbonyl (C=O) groups excluding carboxylic acids is 1. The molecular weight excluding hydrogens is 430 g/mol. The molecule has 170 valence electrons. The summed E-state index contributed by atoms with van der Waals surface area (Å²) in [5.74, 6) is 1.50. The normalized spacial score (nSPS) is 15.5. The van der Waals surface area contributed by atoms with Crippen LogP contribution >= 0.6 is 0 Å². The van der Waals surface area contributed by atoms with E-state index in [0.29, 0.717) is 22.9 Å². The van der Waals surface area contributed by atoms with Gasteiger partial charge in [-0.25, -0.2) is 9.97 Å². The van der Waals surface area contributed by atoms with Crippen LogP contribution in [0.1, 0.15) is 34.5 Å². The number of aromatic amines is 1. The first-order valence-electron chi connectivity index (χ1n) is 11.1. The van der Waals surface area contributed by atoms with Crippen LogP contribution in [0.4, 0.5) is 5.69 Å². The van der Waals surface area contributed by atoms with Gasteiger partial charge in [0.25, 0.3) is 0 Å². The van der Waals surface area contributed by atoms with E-state index in [4.69, 9.17) is 14.2 Å². The van der Waals surface area contributed by atoms with Gasteiger partial charge in [-0.1, -0.05) is 23.4 Å². The Kier molecular flexibility index (Phi) is 4.29. The molecule has 6 rings (SSSR count). The molecule has 1 aliphatic rings. The van der Waals surface area contributed by atoms with Gasteiger partial charge in [0.1, 0.15) is 28.9 Å². The van der Waals surface area contributed by atoms with Crippen molar-refractivity contribution in [3.63, 3.8) is 0 Å². The molecular formula is C26H23N5O3. The second kappa shape index (κ2) is 7.15. The van der Waals surface area contributed by atoms with Crippen LogP contribution < -0.4 is 9.64 Å². The minimum Gasteiger partial charge on any atom is -0.496 e. The van der Waals surface area contributed by atoms with Crippen LogP contribution in [0.5, 0.6) is 5.75 Å². The molecule has 5 aromatic rings. The van der Waals surface area contributed by atoms with Gasteiger partial charge in [0, 0.05) is 34.6 Å². The highest BCUT2D eigenvalue weighted by atomic mass is 16.5. The van der Waals surface area contributed by atoms with Crippen LogP contribution in [-0.2, 0) is 4.79 Å². The van der Waals surface area contributed by atoms with Crippen LogP contribution in [0.2, 0.25) is 0 Å². The van der Waals surface area contributed by atoms with Crippen molar-refractivity contribution in [2.24, 2.45) is 0 Å². The largest absolute Gasteiger partial charge is 0.496 e. The lowest BCUT2D eigenvalue weighted by Crippen LogP contribution is -2.25. The molecule has 0 saturated carbocycles. The number of anilines is 1. The summed E-state index contributed by atoms with van der Waals surface area (Å²) in [5.41, 5.74) is 6.69. The topological polar surface area (TPSA) is 97.1 Å². The number of fused-ring (bicyclic) bond motifs is 4. The number of aromatic nitrogens is 4. The highest BCUT2D eigenvalue weighted by Crippen LogP contribution is 2.45. The molecule has 3 aromatic heterocycles. The Labute approximate surface area is 195 Å². The molecule has 2 aromatic carbocycles. The fourth-order valence-corrected chi connectivity index (χ4v) is 5.16. The molecule has 0 saturated heterocycles. The highest BCUT2D eigenvalue weighted by molar-refractivity contribution is 6.14. The van der Waals surface area contributed by atoms with Gasteiger partial charge in [-0.2, -0.15) is 0 Å². The molecule has 1 amide bonds. The summed E-state index contributed by atoms with van der Waals surface area (Å²) in [7, 11) is 3.45. The lowest BCUT2D eigenvalue weighted by Gasteiger charge is -2.13. The maximum atomic E-state index is 13.4. The number of hydrogen-bond donors (Lipinski definition) is 1. The Bertz CT molecular complexity index is 1610. The zero-order valence-electron chi connectivity index (χ0n) is 19.6. The number of nitrogens with zero attached hydrogens (tertiary/aromatic N) is 4. The van der Waals surface area contributed by atoms with Crippen LogP contribution in [0.15, 0.2) is 40.9 Å². The molecule has 0 radical (unpaired) electrons. The monoisotopic (exact) mass is 453 g/mol. The molecule has 1 aliphatic heterocycles. The van der Waals surface area contributed by atoms with Crippen LogP contribution in [0, 0.1) is 20.8 Å². The van der Waals surface area contributed by atoms with E-state index in [0.717, 1.165) is 50.1 Å². The summed E-state index contributed by atoms with van der Waals surface area (Å²) in [6.07, 6.45) is 0. The summed E-state index contributed by atoms with van der Waals surface area (Å²) in [5, 5.41) is 5.83. The van der Waals surface area contributed by atoms with Crippen molar-refractivity contribution in [1.29, 1.82) is 0 Å². The number of benzene rings is 2. The smallest absolute Gasteiger partial charge is 0.240 e. The van der Waals surface area contributed by atoms with Crippen molar-refractivity contribution in [2.75, 3.05) is 19.1 Å². The third-order valence-corrected chi connectivity index (χ3v) is 6.67. The van der Waals surface area contributed by atoms with Crippen molar-refractivity contribution in [1.82, 2.24) is 20.1 Å². The third kappa shape index (κ3) is 2.71. The van der Waals surface area contributed by atoms with E-state index in [-0.39, 0.29) is 5.91 Å². The van der Waals surface area contributed by atoms with Gasteiger partial charge >= 0.3 is 0 Å². The molecule has 8 nitrogen and oxygen atoms in total. The Morgan fingerprint density at radius 1 is 1.12 bits per heavy atom. The average molecular weight is 454 g/mol. The Hall–Kier alpha value is -4.20. The van der Waals surface area contributed by atoms with Gasteiger partial charge in [-0.15, -0.1) is 0 Å². The van der Waals surface area contributed by atoms with E-state index in [1.54, 1.807) is 19.1 Å². The number of amides is 1. The van der Waals surface area contributed by atoms with E-state index >= 15 is 0 Å². The van der Waals surface area contributed by atoms with Crippen LogP contribution in [0.25, 0.3) is 33.1 Å². The number of H-pyrrole nitrogens is 1. The maximum Gasteiger partial charge on any atom is 0.240 e. The van der Waals surface area contributed by atoms with Gasteiger partial charge in [0.05, 0.1) is 24.1 Å². The first kappa shape index (κ1) is 20.4. The number of likely N-dealkylation sites (N-methyl/N-ethyl adjacent to an activating group) is 1. The minimum absolute atomic E-state index is 0.00532. The standard InChI is InChI=1S/C26H23N5O3/c1-12-21(13(2)34-30-12)17-10-18-16(11-20(17)33-5)22-24(27-14(3)28-25(22)29-18)23-15-8-6-7-9-19(15)31(4)26(23)32/h6-11,23H,1-5H3,(H,27,28,29). The second-order valence-electron chi connectivity index (χ2n) is 8.69. The molecule has 0 aliphatic carbocycles. The number of ether oxygens (including phenoxy) is 1. The summed E-state index contributed by atoms with van der Waals surface area (Å²) < 4.78 is 11.2. The number of nitrogens with one attached hydrogen (secondary N) is 1. The fraction of sp³-hybridized carbons (Fsp3) is 0.231. The van der Waals surface area contributed by atoms with Gasteiger partial charge in [-0.05, 0) is 44.5 Å². The highest BCUT2D eigenvalue weighted by Gasteiger charge is 2.39. The Morgan fingerprint density at radius 2 is 1.91 bits per heavy atom. The number of hydrogen-bond acceptors (Lipinski definition) is 6. The number of para-hydroxylation sites is 1. The predicted octanol–water partition coefficient (Wildman–Crippen LogP) is 4.81. The molecule has 0 fully saturated rings. The summed E-state index contributed by atoms with van der Waals surface area (Å²) >= 11 is 0. The first-order valence-corrected chi connectivity index (χ1v) is 11.1. The summed E-state index contributed by atoms with van der Waals surface area (Å²) in [6.45, 7) is 5.64. The van der Waals surface area contributed by atoms with Gasteiger partial charge in [0.2, 0.25) is 5.91 Å². The van der Waals surface area contributed by atoms with Crippen molar-refractivity contribution < 1.29 is 14.1 Å². The van der Waals surface area contributed by atoms with E-state index in [9.17, 15) is 4.79 Å². The molecule has 34 heavy (non-hydrogen) atoms. The number of aryl methyl sites for hydroxylation is 3. The molecule has 1 unspecified atom stereocenters. The van der Waals surface area contributed by atoms with E-state index in [1.807, 2.05) is 57.2 Å². The van der Waals surface area contributed by atoms with Crippen LogP contribution in [0.3, 0.4) is 0 Å². The zero-order valence-corrected chi connectivity index (χ0v) is 19.6. The fourth-order valence-electron chi connectivity index (χ4n) is 5.16. The maximum absolute atomic E-state index is 13.4. The van der Waals surface area contributed by atoms with Crippen molar-refractivity contribution in [3.8, 4) is 16.9 Å². The molecule has 4 heterocycles. The van der Waals surface area contributed by atoms with Gasteiger partial charge in [0.15, 0.2) is 0 Å². The third-order valence-electron chi connectivity index (χ3n) is 6.67. The zero-order chi connectivity index (χ0) is 23.7. The quantitative estimate of drug-likeness (QED) is 0.421. The Balaban J connectivity index is 1.67. The Morgan fingerprint density at radius 3 is 2.65 bits per heavy atom. The number of rotatable bonds is 3. The molecule has 1 atom stereocenters. The molecule has 0 spiro atoms. The minimum atomic E-state index is -0.502. The van der Waals surface area contributed by atoms with Crippen molar-refractivity contribution in [2.45, 2.75) is 26.7 Å². The summed E-state index contributed by atoms with van der Waals surface area (Å²) in [6, 6.07) is 11.9. The van der Waals surface area contributed by atoms with E-state index in [2.05, 4.69) is 15.1 Å². The van der Waals surface area contributed by atoms with Crippen molar-refractivity contribution >= 4 is 33.5 Å². The van der Waals surface area contributed by atoms with Gasteiger partial charge < -0.3 is 19.1 Å². The average Bonchev–Trinajstić information content (AvgIpc) is 3.43. The predicted molar refractivity (Wildman–Crippen MR) is 129 cm³/mol. The lowest BCUT2D eigenvalue weighted by atomic mass is 9.93. The second-order valence-corrected chi connectivity index (χ2v) is 8.69. The first-order chi connectivity index (χ1) is 16.4. The molecule has 1 N–H and O–H groups in total. The van der Waals surface area contributed by atoms with Crippen LogP contribution in [-0.4, -0.2) is 40.2 Å². The number of methoxy groups -OCH3 is 1. The summed E-state index contributed by atoms with van der Waals surface area (Å²) in [4.78, 5) is 28.0. The number of carbonyl (C=O) groups is 1. The lowest BCUT2D eigenvalue weighted by molar-refractivity contribution is -0.118. The van der Waals surface area contributed by atoms with Gasteiger partial charge in [-0.3, -0.25) is 4.79 Å². The molecule has 8 heteroatoms. The van der Waals surface area contributed by atoms with Crippen molar-refractivity contribution in [3.05, 3.63) is 64.9 Å². The van der Waals surface area contributed by atoms with E-state index < -0.39 is 5.92 Å². The van der Waals surface area contributed by atoms with E-state index in [1.165, 1.54) is 0 Å². The SMILES string of the molecule is COc1cc2c(cc1-c1c(C)noc1C)[nH]c1nc(C)nc(C3C(=O)N(C)c4ccccc43)c12. The molecule has 0 bridgehead atoms.